The van der Waals surface area contributed by atoms with Crippen molar-refractivity contribution in [1.82, 2.24) is 5.43 Å². The second kappa shape index (κ2) is 11.3. The van der Waals surface area contributed by atoms with Crippen molar-refractivity contribution in [1.29, 1.82) is 0 Å². The van der Waals surface area contributed by atoms with Gasteiger partial charge >= 0.3 is 0 Å². The van der Waals surface area contributed by atoms with E-state index in [0.717, 1.165) is 0 Å². The van der Waals surface area contributed by atoms with Gasteiger partial charge in [0.1, 0.15) is 5.75 Å². The lowest BCUT2D eigenvalue weighted by molar-refractivity contribution is -0.124. The number of carbonyl (C=O) groups is 2. The zero-order valence-electron chi connectivity index (χ0n) is 17.4. The molecule has 2 aromatic rings. The average molecular weight is 415 g/mol. The van der Waals surface area contributed by atoms with Crippen molar-refractivity contribution in [3.8, 4) is 23.0 Å². The minimum Gasteiger partial charge on any atom is -0.497 e. The van der Waals surface area contributed by atoms with Gasteiger partial charge in [-0.15, -0.1) is 0 Å². The molecule has 2 aromatic carbocycles. The summed E-state index contributed by atoms with van der Waals surface area (Å²) in [5, 5.41) is 6.62. The second-order valence-electron chi connectivity index (χ2n) is 6.03. The number of hydrogen-bond acceptors (Lipinski definition) is 7. The van der Waals surface area contributed by atoms with Crippen molar-refractivity contribution in [3.05, 3.63) is 42.0 Å². The summed E-state index contributed by atoms with van der Waals surface area (Å²) in [7, 11) is 6.10. The van der Waals surface area contributed by atoms with E-state index in [1.807, 2.05) is 0 Å². The number of hydrazone groups is 1. The van der Waals surface area contributed by atoms with E-state index < -0.39 is 0 Å². The molecule has 0 radical (unpaired) electrons. The van der Waals surface area contributed by atoms with Crippen molar-refractivity contribution in [2.75, 3.05) is 33.8 Å². The summed E-state index contributed by atoms with van der Waals surface area (Å²) < 4.78 is 20.9. The average Bonchev–Trinajstić information content (AvgIpc) is 2.77. The van der Waals surface area contributed by atoms with Gasteiger partial charge in [0.2, 0.25) is 17.6 Å². The Hall–Kier alpha value is -3.75. The van der Waals surface area contributed by atoms with Crippen LogP contribution in [0.1, 0.15) is 18.4 Å². The van der Waals surface area contributed by atoms with Crippen LogP contribution in [0.2, 0.25) is 0 Å². The topological polar surface area (TPSA) is 107 Å². The van der Waals surface area contributed by atoms with Crippen molar-refractivity contribution < 1.29 is 28.5 Å². The van der Waals surface area contributed by atoms with Gasteiger partial charge in [0.25, 0.3) is 0 Å². The predicted octanol–water partition coefficient (Wildman–Crippen LogP) is 2.59. The number of nitrogens with zero attached hydrogens (tertiary/aromatic N) is 1. The Morgan fingerprint density at radius 2 is 1.47 bits per heavy atom. The Labute approximate surface area is 175 Å². The van der Waals surface area contributed by atoms with E-state index in [0.29, 0.717) is 34.2 Å². The van der Waals surface area contributed by atoms with Crippen LogP contribution in [0.25, 0.3) is 0 Å². The molecule has 0 bridgehead atoms. The van der Waals surface area contributed by atoms with Crippen molar-refractivity contribution in [2.24, 2.45) is 5.10 Å². The highest BCUT2D eigenvalue weighted by molar-refractivity contribution is 5.93. The number of ether oxygens (including phenoxy) is 4. The number of rotatable bonds is 10. The summed E-state index contributed by atoms with van der Waals surface area (Å²) in [5.74, 6) is 1.44. The third kappa shape index (κ3) is 6.40. The van der Waals surface area contributed by atoms with E-state index in [4.69, 9.17) is 18.9 Å². The Bertz CT molecular complexity index is 871. The fourth-order valence-electron chi connectivity index (χ4n) is 2.54. The fraction of sp³-hybridized carbons (Fsp3) is 0.286. The van der Waals surface area contributed by atoms with Crippen LogP contribution in [0.3, 0.4) is 0 Å². The summed E-state index contributed by atoms with van der Waals surface area (Å²) in [4.78, 5) is 23.9. The molecule has 0 unspecified atom stereocenters. The van der Waals surface area contributed by atoms with E-state index in [9.17, 15) is 9.59 Å². The molecule has 0 aromatic heterocycles. The molecule has 0 aliphatic carbocycles. The molecular formula is C21H25N3O6. The molecular weight excluding hydrogens is 390 g/mol. The molecule has 0 saturated carbocycles. The van der Waals surface area contributed by atoms with Gasteiger partial charge in [-0.2, -0.15) is 5.10 Å². The summed E-state index contributed by atoms with van der Waals surface area (Å²) in [5.41, 5.74) is 3.66. The Morgan fingerprint density at radius 1 is 0.867 bits per heavy atom. The molecule has 160 valence electrons. The monoisotopic (exact) mass is 415 g/mol. The van der Waals surface area contributed by atoms with Gasteiger partial charge < -0.3 is 24.3 Å². The maximum absolute atomic E-state index is 12.0. The van der Waals surface area contributed by atoms with Crippen LogP contribution >= 0.6 is 0 Å². The summed E-state index contributed by atoms with van der Waals surface area (Å²) >= 11 is 0. The normalized spacial score (nSPS) is 10.4. The smallest absolute Gasteiger partial charge is 0.240 e. The number of amides is 2. The summed E-state index contributed by atoms with van der Waals surface area (Å²) in [6.45, 7) is 0. The third-order valence-electron chi connectivity index (χ3n) is 4.04. The highest BCUT2D eigenvalue weighted by Gasteiger charge is 2.12. The van der Waals surface area contributed by atoms with Crippen LogP contribution in [0.5, 0.6) is 23.0 Å². The van der Waals surface area contributed by atoms with E-state index in [1.165, 1.54) is 27.5 Å². The quantitative estimate of drug-likeness (QED) is 0.456. The minimum atomic E-state index is -0.386. The number of anilines is 1. The van der Waals surface area contributed by atoms with Gasteiger partial charge in [-0.05, 0) is 36.4 Å². The molecule has 9 heteroatoms. The minimum absolute atomic E-state index is 0.00537. The molecule has 0 fully saturated rings. The largest absolute Gasteiger partial charge is 0.497 e. The first kappa shape index (κ1) is 22.5. The number of carbonyl (C=O) groups excluding carboxylic acids is 2. The first-order chi connectivity index (χ1) is 14.5. The van der Waals surface area contributed by atoms with Crippen molar-refractivity contribution >= 4 is 23.7 Å². The van der Waals surface area contributed by atoms with E-state index in [2.05, 4.69) is 15.8 Å². The molecule has 9 nitrogen and oxygen atoms in total. The molecule has 0 aliphatic rings. The van der Waals surface area contributed by atoms with Crippen LogP contribution in [0.15, 0.2) is 41.5 Å². The van der Waals surface area contributed by atoms with Gasteiger partial charge in [0, 0.05) is 24.1 Å². The zero-order valence-corrected chi connectivity index (χ0v) is 17.4. The maximum Gasteiger partial charge on any atom is 0.240 e. The van der Waals surface area contributed by atoms with Crippen LogP contribution in [-0.4, -0.2) is 46.5 Å². The number of nitrogens with one attached hydrogen (secondary N) is 2. The van der Waals surface area contributed by atoms with E-state index in [1.54, 1.807) is 43.5 Å². The molecule has 0 aliphatic heterocycles. The molecule has 30 heavy (non-hydrogen) atoms. The third-order valence-corrected chi connectivity index (χ3v) is 4.04. The van der Waals surface area contributed by atoms with Gasteiger partial charge in [0.05, 0.1) is 34.7 Å². The highest BCUT2D eigenvalue weighted by Crippen LogP contribution is 2.37. The number of benzene rings is 2. The van der Waals surface area contributed by atoms with E-state index in [-0.39, 0.29) is 24.7 Å². The molecule has 2 amide bonds. The zero-order chi connectivity index (χ0) is 21.9. The maximum atomic E-state index is 12.0. The van der Waals surface area contributed by atoms with Gasteiger partial charge in [0.15, 0.2) is 11.5 Å². The van der Waals surface area contributed by atoms with Crippen molar-refractivity contribution in [3.63, 3.8) is 0 Å². The van der Waals surface area contributed by atoms with Gasteiger partial charge in [-0.25, -0.2) is 5.43 Å². The highest BCUT2D eigenvalue weighted by atomic mass is 16.5. The fourth-order valence-corrected chi connectivity index (χ4v) is 2.54. The Kier molecular flexibility index (Phi) is 8.49. The van der Waals surface area contributed by atoms with Crippen molar-refractivity contribution in [2.45, 2.75) is 12.8 Å². The molecule has 2 rings (SSSR count). The summed E-state index contributed by atoms with van der Waals surface area (Å²) in [6, 6.07) is 10.3. The molecule has 0 heterocycles. The molecule has 2 N–H and O–H groups in total. The lowest BCUT2D eigenvalue weighted by atomic mass is 10.2. The first-order valence-corrected chi connectivity index (χ1v) is 9.06. The van der Waals surface area contributed by atoms with Crippen LogP contribution in [0.4, 0.5) is 5.69 Å². The first-order valence-electron chi connectivity index (χ1n) is 9.06. The number of methoxy groups -OCH3 is 4. The van der Waals surface area contributed by atoms with Crippen LogP contribution in [0, 0.1) is 0 Å². The predicted molar refractivity (Wildman–Crippen MR) is 113 cm³/mol. The van der Waals surface area contributed by atoms with Gasteiger partial charge in [-0.1, -0.05) is 0 Å². The van der Waals surface area contributed by atoms with Crippen LogP contribution < -0.4 is 29.7 Å². The second-order valence-corrected chi connectivity index (χ2v) is 6.03. The van der Waals surface area contributed by atoms with Crippen LogP contribution in [-0.2, 0) is 9.59 Å². The number of hydrogen-bond donors (Lipinski definition) is 2. The Morgan fingerprint density at radius 3 is 2.00 bits per heavy atom. The Balaban J connectivity index is 1.85. The SMILES string of the molecule is COc1ccc(NC(=O)CCC(=O)NN=Cc2cc(OC)c(OC)c(OC)c2)cc1. The lowest BCUT2D eigenvalue weighted by Crippen LogP contribution is -2.20. The lowest BCUT2D eigenvalue weighted by Gasteiger charge is -2.12. The summed E-state index contributed by atoms with van der Waals surface area (Å²) in [6.07, 6.45) is 1.46. The molecule has 0 atom stereocenters. The van der Waals surface area contributed by atoms with E-state index >= 15 is 0 Å². The standard InChI is InChI=1S/C21H25N3O6/c1-27-16-7-5-15(6-8-16)23-19(25)9-10-20(26)24-22-13-14-11-17(28-2)21(30-4)18(12-14)29-3/h5-8,11-13H,9-10H2,1-4H3,(H,23,25)(H,24,26). The molecule has 0 saturated heterocycles. The molecule has 0 spiro atoms. The van der Waals surface area contributed by atoms with Gasteiger partial charge in [-0.3, -0.25) is 9.59 Å².